The van der Waals surface area contributed by atoms with Crippen molar-refractivity contribution in [2.45, 2.75) is 26.2 Å². The molecule has 16 heavy (non-hydrogen) atoms. The Kier molecular flexibility index (Phi) is 3.25. The third kappa shape index (κ3) is 2.59. The molecule has 0 bridgehead atoms. The lowest BCUT2D eigenvalue weighted by atomic mass is 10.0. The molecule has 1 aromatic heterocycles. The first-order valence-electron chi connectivity index (χ1n) is 5.46. The summed E-state index contributed by atoms with van der Waals surface area (Å²) >= 11 is 1.48. The van der Waals surface area contributed by atoms with Crippen LogP contribution in [-0.4, -0.2) is 29.1 Å². The van der Waals surface area contributed by atoms with Crippen molar-refractivity contribution in [1.29, 1.82) is 0 Å². The molecule has 2 N–H and O–H groups in total. The van der Waals surface area contributed by atoms with E-state index in [-0.39, 0.29) is 17.9 Å². The van der Waals surface area contributed by atoms with E-state index in [1.807, 2.05) is 6.92 Å². The van der Waals surface area contributed by atoms with Crippen molar-refractivity contribution in [2.24, 2.45) is 5.41 Å². The molecule has 1 aliphatic rings. The van der Waals surface area contributed by atoms with Gasteiger partial charge in [0, 0.05) is 18.5 Å². The van der Waals surface area contributed by atoms with Crippen LogP contribution in [-0.2, 0) is 0 Å². The molecule has 88 valence electrons. The van der Waals surface area contributed by atoms with Gasteiger partial charge in [-0.15, -0.1) is 11.3 Å². The first-order valence-corrected chi connectivity index (χ1v) is 6.34. The van der Waals surface area contributed by atoms with Crippen LogP contribution in [0.15, 0.2) is 5.38 Å². The van der Waals surface area contributed by atoms with Crippen molar-refractivity contribution >= 4 is 17.2 Å². The van der Waals surface area contributed by atoms with E-state index in [2.05, 4.69) is 10.3 Å². The summed E-state index contributed by atoms with van der Waals surface area (Å²) in [5.41, 5.74) is 0.664. The van der Waals surface area contributed by atoms with Gasteiger partial charge in [-0.1, -0.05) is 0 Å². The van der Waals surface area contributed by atoms with E-state index in [4.69, 9.17) is 5.11 Å². The Morgan fingerprint density at radius 1 is 1.69 bits per heavy atom. The minimum absolute atomic E-state index is 0.103. The van der Waals surface area contributed by atoms with Gasteiger partial charge in [-0.05, 0) is 31.6 Å². The number of nitrogens with one attached hydrogen (secondary N) is 1. The van der Waals surface area contributed by atoms with Crippen LogP contribution in [0.1, 0.15) is 34.8 Å². The lowest BCUT2D eigenvalue weighted by Gasteiger charge is -2.13. The van der Waals surface area contributed by atoms with Crippen LogP contribution in [0, 0.1) is 12.3 Å². The first-order chi connectivity index (χ1) is 7.65. The molecule has 0 aliphatic heterocycles. The molecule has 0 unspecified atom stereocenters. The summed E-state index contributed by atoms with van der Waals surface area (Å²) in [5, 5.41) is 14.5. The maximum atomic E-state index is 11.7. The quantitative estimate of drug-likeness (QED) is 0.816. The molecule has 1 aromatic rings. The molecule has 0 aromatic carbocycles. The second-order valence-electron chi connectivity index (χ2n) is 4.41. The van der Waals surface area contributed by atoms with Gasteiger partial charge in [0.15, 0.2) is 0 Å². The molecule has 1 amide bonds. The van der Waals surface area contributed by atoms with E-state index in [1.54, 1.807) is 5.38 Å². The van der Waals surface area contributed by atoms with E-state index in [0.717, 1.165) is 24.3 Å². The smallest absolute Gasteiger partial charge is 0.270 e. The Labute approximate surface area is 98.7 Å². The molecule has 0 atom stereocenters. The number of aliphatic hydroxyl groups is 1. The third-order valence-electron chi connectivity index (χ3n) is 3.07. The average molecular weight is 240 g/mol. The number of nitrogens with zero attached hydrogens (tertiary/aromatic N) is 1. The normalized spacial score (nSPS) is 17.1. The fourth-order valence-electron chi connectivity index (χ4n) is 1.76. The van der Waals surface area contributed by atoms with E-state index < -0.39 is 0 Å². The van der Waals surface area contributed by atoms with Gasteiger partial charge >= 0.3 is 0 Å². The van der Waals surface area contributed by atoms with Crippen LogP contribution >= 0.6 is 11.3 Å². The van der Waals surface area contributed by atoms with Crippen molar-refractivity contribution in [3.8, 4) is 0 Å². The third-order valence-corrected chi connectivity index (χ3v) is 3.85. The number of aliphatic hydroxyl groups excluding tert-OH is 1. The van der Waals surface area contributed by atoms with E-state index >= 15 is 0 Å². The zero-order chi connectivity index (χ0) is 11.6. The highest BCUT2D eigenvalue weighted by Crippen LogP contribution is 2.47. The average Bonchev–Trinajstić information content (AvgIpc) is 2.89. The number of amides is 1. The number of aromatic nitrogens is 1. The molecular formula is C11H16N2O2S. The maximum Gasteiger partial charge on any atom is 0.270 e. The highest BCUT2D eigenvalue weighted by Gasteiger charge is 2.41. The summed E-state index contributed by atoms with van der Waals surface area (Å²) in [6.07, 6.45) is 2.98. The van der Waals surface area contributed by atoms with Crippen LogP contribution in [0.3, 0.4) is 0 Å². The molecule has 1 aliphatic carbocycles. The highest BCUT2D eigenvalue weighted by atomic mass is 32.1. The second kappa shape index (κ2) is 4.51. The zero-order valence-electron chi connectivity index (χ0n) is 9.32. The minimum Gasteiger partial charge on any atom is -0.396 e. The van der Waals surface area contributed by atoms with Gasteiger partial charge in [-0.25, -0.2) is 4.98 Å². The van der Waals surface area contributed by atoms with Crippen LogP contribution in [0.5, 0.6) is 0 Å². The summed E-state index contributed by atoms with van der Waals surface area (Å²) in [6, 6.07) is 0. The number of aryl methyl sites for hydroxylation is 1. The lowest BCUT2D eigenvalue weighted by Crippen LogP contribution is -2.30. The monoisotopic (exact) mass is 240 g/mol. The zero-order valence-corrected chi connectivity index (χ0v) is 10.1. The number of carbonyl (C=O) groups is 1. The number of hydrogen-bond acceptors (Lipinski definition) is 4. The van der Waals surface area contributed by atoms with Gasteiger partial charge in [-0.2, -0.15) is 0 Å². The molecule has 1 heterocycles. The summed E-state index contributed by atoms with van der Waals surface area (Å²) in [7, 11) is 0. The number of thiazole rings is 1. The molecule has 0 spiro atoms. The van der Waals surface area contributed by atoms with Crippen LogP contribution in [0.2, 0.25) is 0 Å². The fraction of sp³-hybridized carbons (Fsp3) is 0.636. The fourth-order valence-corrected chi connectivity index (χ4v) is 2.35. The van der Waals surface area contributed by atoms with Crippen molar-refractivity contribution in [3.05, 3.63) is 16.1 Å². The van der Waals surface area contributed by atoms with Crippen LogP contribution in [0.25, 0.3) is 0 Å². The predicted octanol–water partition coefficient (Wildman–Crippen LogP) is 1.34. The van der Waals surface area contributed by atoms with Crippen LogP contribution in [0.4, 0.5) is 0 Å². The molecular weight excluding hydrogens is 224 g/mol. The van der Waals surface area contributed by atoms with E-state index in [1.165, 1.54) is 11.3 Å². The standard InChI is InChI=1S/C11H16N2O2S/c1-8-13-9(6-16-8)10(15)12-7-11(2-3-11)4-5-14/h6,14H,2-5,7H2,1H3,(H,12,15). The largest absolute Gasteiger partial charge is 0.396 e. The summed E-state index contributed by atoms with van der Waals surface area (Å²) < 4.78 is 0. The molecule has 0 radical (unpaired) electrons. The molecule has 2 rings (SSSR count). The Bertz CT molecular complexity index is 385. The molecule has 1 fully saturated rings. The van der Waals surface area contributed by atoms with Gasteiger partial charge in [0.2, 0.25) is 0 Å². The Balaban J connectivity index is 1.84. The van der Waals surface area contributed by atoms with Gasteiger partial charge in [-0.3, -0.25) is 4.79 Å². The molecule has 4 nitrogen and oxygen atoms in total. The van der Waals surface area contributed by atoms with E-state index in [0.29, 0.717) is 12.2 Å². The molecule has 0 saturated heterocycles. The van der Waals surface area contributed by atoms with Gasteiger partial charge < -0.3 is 10.4 Å². The summed E-state index contributed by atoms with van der Waals surface area (Å²) in [5.74, 6) is -0.103. The predicted molar refractivity (Wildman–Crippen MR) is 62.6 cm³/mol. The summed E-state index contributed by atoms with van der Waals surface area (Å²) in [6.45, 7) is 2.74. The Morgan fingerprint density at radius 2 is 2.44 bits per heavy atom. The van der Waals surface area contributed by atoms with Crippen molar-refractivity contribution in [3.63, 3.8) is 0 Å². The Morgan fingerprint density at radius 3 is 2.94 bits per heavy atom. The van der Waals surface area contributed by atoms with Crippen molar-refractivity contribution in [2.75, 3.05) is 13.2 Å². The van der Waals surface area contributed by atoms with Crippen molar-refractivity contribution in [1.82, 2.24) is 10.3 Å². The molecule has 1 saturated carbocycles. The number of carbonyl (C=O) groups excluding carboxylic acids is 1. The molecule has 5 heteroatoms. The van der Waals surface area contributed by atoms with E-state index in [9.17, 15) is 4.79 Å². The summed E-state index contributed by atoms with van der Waals surface area (Å²) in [4.78, 5) is 15.8. The SMILES string of the molecule is Cc1nc(C(=O)NCC2(CCO)CC2)cs1. The highest BCUT2D eigenvalue weighted by molar-refractivity contribution is 7.09. The van der Waals surface area contributed by atoms with Gasteiger partial charge in [0.05, 0.1) is 5.01 Å². The van der Waals surface area contributed by atoms with Gasteiger partial charge in [0.1, 0.15) is 5.69 Å². The Hall–Kier alpha value is -0.940. The topological polar surface area (TPSA) is 62.2 Å². The number of rotatable bonds is 5. The van der Waals surface area contributed by atoms with Crippen molar-refractivity contribution < 1.29 is 9.90 Å². The second-order valence-corrected chi connectivity index (χ2v) is 5.47. The minimum atomic E-state index is -0.103. The number of hydrogen-bond donors (Lipinski definition) is 2. The maximum absolute atomic E-state index is 11.7. The lowest BCUT2D eigenvalue weighted by molar-refractivity contribution is 0.0936. The van der Waals surface area contributed by atoms with Crippen LogP contribution < -0.4 is 5.32 Å². The van der Waals surface area contributed by atoms with Gasteiger partial charge in [0.25, 0.3) is 5.91 Å². The first kappa shape index (κ1) is 11.5.